The highest BCUT2D eigenvalue weighted by Gasteiger charge is 2.30. The van der Waals surface area contributed by atoms with Gasteiger partial charge >= 0.3 is 0 Å². The topological polar surface area (TPSA) is 71.8 Å². The maximum Gasteiger partial charge on any atom is 0.257 e. The molecule has 0 saturated carbocycles. The minimum Gasteiger partial charge on any atom is -0.467 e. The van der Waals surface area contributed by atoms with E-state index in [2.05, 4.69) is 5.32 Å². The first-order valence-electron chi connectivity index (χ1n) is 8.18. The molecule has 25 heavy (non-hydrogen) atoms. The monoisotopic (exact) mass is 344 g/mol. The van der Waals surface area contributed by atoms with Crippen LogP contribution in [0.5, 0.6) is 0 Å². The van der Waals surface area contributed by atoms with E-state index in [-0.39, 0.29) is 23.5 Å². The average Bonchev–Trinajstić information content (AvgIpc) is 3.15. The van der Waals surface area contributed by atoms with E-state index in [1.807, 2.05) is 0 Å². The minimum atomic E-state index is -0.632. The molecule has 1 fully saturated rings. The Morgan fingerprint density at radius 1 is 1.32 bits per heavy atom. The SMILES string of the molecule is O=C1CCc2cc(C(=O)N3CCOC(c4ccco4)C3)c(F)cc2N1. The molecule has 2 aliphatic rings. The Morgan fingerprint density at radius 3 is 3.00 bits per heavy atom. The molecule has 0 bridgehead atoms. The van der Waals surface area contributed by atoms with Crippen LogP contribution in [0.15, 0.2) is 34.9 Å². The molecule has 3 heterocycles. The van der Waals surface area contributed by atoms with E-state index in [9.17, 15) is 14.0 Å². The average molecular weight is 344 g/mol. The van der Waals surface area contributed by atoms with Gasteiger partial charge in [-0.3, -0.25) is 9.59 Å². The summed E-state index contributed by atoms with van der Waals surface area (Å²) in [5, 5.41) is 2.64. The van der Waals surface area contributed by atoms with Crippen LogP contribution in [0.2, 0.25) is 0 Å². The molecule has 0 spiro atoms. The van der Waals surface area contributed by atoms with Gasteiger partial charge in [-0.1, -0.05) is 0 Å². The fourth-order valence-corrected chi connectivity index (χ4v) is 3.22. The van der Waals surface area contributed by atoms with Gasteiger partial charge in [0.1, 0.15) is 17.7 Å². The number of halogens is 1. The number of ether oxygens (including phenoxy) is 1. The summed E-state index contributed by atoms with van der Waals surface area (Å²) in [5.74, 6) is -0.504. The Balaban J connectivity index is 1.57. The first kappa shape index (κ1) is 15.8. The normalized spacial score (nSPS) is 20.1. The van der Waals surface area contributed by atoms with E-state index in [0.29, 0.717) is 44.0 Å². The van der Waals surface area contributed by atoms with Gasteiger partial charge in [0.05, 0.1) is 25.0 Å². The van der Waals surface area contributed by atoms with Crippen molar-refractivity contribution in [1.82, 2.24) is 4.90 Å². The lowest BCUT2D eigenvalue weighted by molar-refractivity contribution is -0.116. The Bertz CT molecular complexity index is 819. The number of furan rings is 1. The summed E-state index contributed by atoms with van der Waals surface area (Å²) in [7, 11) is 0. The minimum absolute atomic E-state index is 0.0231. The van der Waals surface area contributed by atoms with Gasteiger partial charge in [-0.05, 0) is 36.2 Å². The smallest absolute Gasteiger partial charge is 0.257 e. The van der Waals surface area contributed by atoms with Crippen LogP contribution in [0.3, 0.4) is 0 Å². The molecule has 0 aliphatic carbocycles. The molecule has 1 N–H and O–H groups in total. The van der Waals surface area contributed by atoms with Crippen LogP contribution >= 0.6 is 0 Å². The van der Waals surface area contributed by atoms with E-state index in [1.54, 1.807) is 29.4 Å². The number of nitrogens with zero attached hydrogens (tertiary/aromatic N) is 1. The van der Waals surface area contributed by atoms with Crippen molar-refractivity contribution in [3.63, 3.8) is 0 Å². The third-order valence-corrected chi connectivity index (χ3v) is 4.53. The van der Waals surface area contributed by atoms with Gasteiger partial charge in [0.15, 0.2) is 0 Å². The maximum atomic E-state index is 14.4. The number of carbonyl (C=O) groups is 2. The molecule has 7 heteroatoms. The van der Waals surface area contributed by atoms with Crippen molar-refractivity contribution in [2.24, 2.45) is 0 Å². The van der Waals surface area contributed by atoms with Crippen LogP contribution < -0.4 is 5.32 Å². The number of fused-ring (bicyclic) bond motifs is 1. The lowest BCUT2D eigenvalue weighted by Crippen LogP contribution is -2.42. The molecule has 4 rings (SSSR count). The molecule has 1 aromatic carbocycles. The number of rotatable bonds is 2. The molecule has 2 aliphatic heterocycles. The fraction of sp³-hybridized carbons (Fsp3) is 0.333. The third kappa shape index (κ3) is 3.02. The number of hydrogen-bond donors (Lipinski definition) is 1. The predicted octanol–water partition coefficient (Wildman–Crippen LogP) is 2.52. The number of amides is 2. The second-order valence-corrected chi connectivity index (χ2v) is 6.16. The second-order valence-electron chi connectivity index (χ2n) is 6.16. The van der Waals surface area contributed by atoms with Gasteiger partial charge in [-0.15, -0.1) is 0 Å². The molecule has 1 atom stereocenters. The van der Waals surface area contributed by atoms with Crippen LogP contribution in [-0.2, 0) is 16.0 Å². The quantitative estimate of drug-likeness (QED) is 0.909. The summed E-state index contributed by atoms with van der Waals surface area (Å²) < 4.78 is 25.4. The van der Waals surface area contributed by atoms with Crippen LogP contribution in [0, 0.1) is 5.82 Å². The molecular formula is C18H17FN2O4. The van der Waals surface area contributed by atoms with E-state index in [0.717, 1.165) is 5.56 Å². The number of hydrogen-bond acceptors (Lipinski definition) is 4. The third-order valence-electron chi connectivity index (χ3n) is 4.53. The van der Waals surface area contributed by atoms with Crippen LogP contribution in [0.1, 0.15) is 34.2 Å². The molecule has 2 amide bonds. The molecule has 0 radical (unpaired) electrons. The Morgan fingerprint density at radius 2 is 2.20 bits per heavy atom. The van der Waals surface area contributed by atoms with Gasteiger partial charge in [0.2, 0.25) is 5.91 Å². The van der Waals surface area contributed by atoms with Crippen molar-refractivity contribution in [1.29, 1.82) is 0 Å². The van der Waals surface area contributed by atoms with Crippen molar-refractivity contribution < 1.29 is 23.1 Å². The van der Waals surface area contributed by atoms with Crippen LogP contribution in [0.4, 0.5) is 10.1 Å². The zero-order valence-corrected chi connectivity index (χ0v) is 13.5. The Kier molecular flexibility index (Phi) is 4.01. The molecule has 1 unspecified atom stereocenters. The maximum absolute atomic E-state index is 14.4. The van der Waals surface area contributed by atoms with Crippen molar-refractivity contribution in [3.8, 4) is 0 Å². The summed E-state index contributed by atoms with van der Waals surface area (Å²) in [6.07, 6.45) is 2.04. The summed E-state index contributed by atoms with van der Waals surface area (Å²) in [6.45, 7) is 1.06. The van der Waals surface area contributed by atoms with Crippen LogP contribution in [0.25, 0.3) is 0 Å². The van der Waals surface area contributed by atoms with Crippen molar-refractivity contribution >= 4 is 17.5 Å². The molecule has 130 valence electrons. The lowest BCUT2D eigenvalue weighted by atomic mass is 9.99. The first-order chi connectivity index (χ1) is 12.1. The summed E-state index contributed by atoms with van der Waals surface area (Å²) in [6, 6.07) is 6.32. The lowest BCUT2D eigenvalue weighted by Gasteiger charge is -2.32. The molecule has 2 aromatic rings. The van der Waals surface area contributed by atoms with E-state index in [1.165, 1.54) is 6.07 Å². The van der Waals surface area contributed by atoms with Crippen molar-refractivity contribution in [3.05, 3.63) is 53.2 Å². The van der Waals surface area contributed by atoms with Crippen LogP contribution in [-0.4, -0.2) is 36.4 Å². The fourth-order valence-electron chi connectivity index (χ4n) is 3.22. The second kappa shape index (κ2) is 6.33. The summed E-state index contributed by atoms with van der Waals surface area (Å²) >= 11 is 0. The number of nitrogens with one attached hydrogen (secondary N) is 1. The van der Waals surface area contributed by atoms with E-state index >= 15 is 0 Å². The Labute approximate surface area is 143 Å². The van der Waals surface area contributed by atoms with Gasteiger partial charge in [-0.25, -0.2) is 4.39 Å². The molecular weight excluding hydrogens is 327 g/mol. The van der Waals surface area contributed by atoms with Crippen molar-refractivity contribution in [2.45, 2.75) is 18.9 Å². The highest BCUT2D eigenvalue weighted by Crippen LogP contribution is 2.28. The predicted molar refractivity (Wildman–Crippen MR) is 86.7 cm³/mol. The number of carbonyl (C=O) groups excluding carboxylic acids is 2. The van der Waals surface area contributed by atoms with Gasteiger partial charge in [0.25, 0.3) is 5.91 Å². The Hall–Kier alpha value is -2.67. The summed E-state index contributed by atoms with van der Waals surface area (Å²) in [5.41, 5.74) is 1.25. The highest BCUT2D eigenvalue weighted by atomic mass is 19.1. The zero-order valence-electron chi connectivity index (χ0n) is 13.5. The molecule has 6 nitrogen and oxygen atoms in total. The first-order valence-corrected chi connectivity index (χ1v) is 8.18. The van der Waals surface area contributed by atoms with Crippen molar-refractivity contribution in [2.75, 3.05) is 25.0 Å². The van der Waals surface area contributed by atoms with Gasteiger partial charge in [0, 0.05) is 18.7 Å². The number of morpholine rings is 1. The molecule has 1 aromatic heterocycles. The van der Waals surface area contributed by atoms with E-state index < -0.39 is 5.82 Å². The van der Waals surface area contributed by atoms with E-state index in [4.69, 9.17) is 9.15 Å². The van der Waals surface area contributed by atoms with Gasteiger partial charge < -0.3 is 19.4 Å². The zero-order chi connectivity index (χ0) is 17.4. The largest absolute Gasteiger partial charge is 0.467 e. The highest BCUT2D eigenvalue weighted by molar-refractivity contribution is 5.98. The molecule has 1 saturated heterocycles. The number of aryl methyl sites for hydroxylation is 1. The number of benzene rings is 1. The van der Waals surface area contributed by atoms with Gasteiger partial charge in [-0.2, -0.15) is 0 Å². The standard InChI is InChI=1S/C18H17FN2O4/c19-13-9-14-11(3-4-17(22)20-14)8-12(13)18(23)21-5-7-25-16(10-21)15-2-1-6-24-15/h1-2,6,8-9,16H,3-5,7,10H2,(H,20,22). The number of anilines is 1. The summed E-state index contributed by atoms with van der Waals surface area (Å²) in [4.78, 5) is 25.8.